The first-order valence-corrected chi connectivity index (χ1v) is 6.73. The molecule has 94 valence electrons. The minimum atomic E-state index is 0.469. The van der Waals surface area contributed by atoms with Gasteiger partial charge < -0.3 is 10.5 Å². The number of hydrogen-bond donors (Lipinski definition) is 1. The number of nitrogens with zero attached hydrogens (tertiary/aromatic N) is 1. The lowest BCUT2D eigenvalue weighted by molar-refractivity contribution is 0.397. The van der Waals surface area contributed by atoms with E-state index in [0.717, 1.165) is 15.8 Å². The number of benzene rings is 1. The summed E-state index contributed by atoms with van der Waals surface area (Å²) in [6.07, 6.45) is 0. The van der Waals surface area contributed by atoms with Gasteiger partial charge in [-0.2, -0.15) is 0 Å². The van der Waals surface area contributed by atoms with Crippen LogP contribution >= 0.6 is 23.4 Å². The molecule has 0 saturated carbocycles. The van der Waals surface area contributed by atoms with Crippen LogP contribution in [0.15, 0.2) is 41.4 Å². The average molecular weight is 281 g/mol. The van der Waals surface area contributed by atoms with Crippen molar-refractivity contribution in [2.45, 2.75) is 10.8 Å². The fourth-order valence-electron chi connectivity index (χ4n) is 1.42. The molecule has 0 aliphatic carbocycles. The maximum Gasteiger partial charge on any atom is 0.237 e. The van der Waals surface area contributed by atoms with Gasteiger partial charge in [0, 0.05) is 10.8 Å². The van der Waals surface area contributed by atoms with Gasteiger partial charge in [0.1, 0.15) is 5.03 Å². The van der Waals surface area contributed by atoms with Gasteiger partial charge in [-0.1, -0.05) is 23.7 Å². The van der Waals surface area contributed by atoms with Crippen molar-refractivity contribution in [2.75, 3.05) is 12.8 Å². The van der Waals surface area contributed by atoms with E-state index in [1.807, 2.05) is 30.3 Å². The molecule has 1 aromatic heterocycles. The predicted molar refractivity (Wildman–Crippen MR) is 76.2 cm³/mol. The second-order valence-electron chi connectivity index (χ2n) is 3.66. The van der Waals surface area contributed by atoms with Crippen LogP contribution in [0.1, 0.15) is 5.56 Å². The molecule has 0 atom stereocenters. The summed E-state index contributed by atoms with van der Waals surface area (Å²) in [5.74, 6) is 1.30. The molecular formula is C13H13ClN2OS. The van der Waals surface area contributed by atoms with Gasteiger partial charge in [-0.15, -0.1) is 11.8 Å². The number of halogens is 1. The summed E-state index contributed by atoms with van der Waals surface area (Å²) in [7, 11) is 1.56. The van der Waals surface area contributed by atoms with Crippen molar-refractivity contribution < 1.29 is 4.74 Å². The molecule has 1 aromatic carbocycles. The highest BCUT2D eigenvalue weighted by Crippen LogP contribution is 2.26. The highest BCUT2D eigenvalue weighted by Gasteiger charge is 2.04. The molecule has 0 saturated heterocycles. The standard InChI is InChI=1S/C13H13ClN2OS/c1-17-13-11(15)6-7-12(16-13)18-8-9-2-4-10(14)5-3-9/h2-7H,8,15H2,1H3. The summed E-state index contributed by atoms with van der Waals surface area (Å²) in [6, 6.07) is 11.5. The number of thioether (sulfide) groups is 1. The van der Waals surface area contributed by atoms with E-state index in [0.29, 0.717) is 11.6 Å². The molecule has 3 nitrogen and oxygen atoms in total. The van der Waals surface area contributed by atoms with Crippen molar-refractivity contribution in [1.82, 2.24) is 4.98 Å². The molecule has 0 aliphatic heterocycles. The lowest BCUT2D eigenvalue weighted by Gasteiger charge is -2.06. The summed E-state index contributed by atoms with van der Waals surface area (Å²) in [6.45, 7) is 0. The van der Waals surface area contributed by atoms with E-state index in [1.54, 1.807) is 24.9 Å². The maximum absolute atomic E-state index is 5.84. The SMILES string of the molecule is COc1nc(SCc2ccc(Cl)cc2)ccc1N. The number of rotatable bonds is 4. The summed E-state index contributed by atoms with van der Waals surface area (Å²) in [5, 5.41) is 1.63. The third kappa shape index (κ3) is 3.31. The average Bonchev–Trinajstić information content (AvgIpc) is 2.39. The number of aromatic nitrogens is 1. The quantitative estimate of drug-likeness (QED) is 0.869. The van der Waals surface area contributed by atoms with Gasteiger partial charge in [-0.25, -0.2) is 4.98 Å². The van der Waals surface area contributed by atoms with Crippen LogP contribution in [0.25, 0.3) is 0 Å². The van der Waals surface area contributed by atoms with E-state index in [-0.39, 0.29) is 0 Å². The molecule has 0 bridgehead atoms. The minimum absolute atomic E-state index is 0.469. The molecular weight excluding hydrogens is 268 g/mol. The summed E-state index contributed by atoms with van der Waals surface area (Å²) < 4.78 is 5.09. The number of pyridine rings is 1. The van der Waals surface area contributed by atoms with Gasteiger partial charge in [0.2, 0.25) is 5.88 Å². The molecule has 0 aliphatic rings. The lowest BCUT2D eigenvalue weighted by atomic mass is 10.2. The van der Waals surface area contributed by atoms with E-state index in [2.05, 4.69) is 4.98 Å². The van der Waals surface area contributed by atoms with E-state index in [9.17, 15) is 0 Å². The summed E-state index contributed by atoms with van der Waals surface area (Å²) >= 11 is 7.46. The van der Waals surface area contributed by atoms with Crippen LogP contribution in [-0.4, -0.2) is 12.1 Å². The molecule has 2 N–H and O–H groups in total. The van der Waals surface area contributed by atoms with Crippen LogP contribution in [0.5, 0.6) is 5.88 Å². The molecule has 2 aromatic rings. The van der Waals surface area contributed by atoms with Gasteiger partial charge in [0.05, 0.1) is 12.8 Å². The molecule has 1 heterocycles. The van der Waals surface area contributed by atoms with Gasteiger partial charge in [0.25, 0.3) is 0 Å². The number of nitrogen functional groups attached to an aromatic ring is 1. The molecule has 0 fully saturated rings. The molecule has 0 spiro atoms. The Balaban J connectivity index is 2.04. The molecule has 18 heavy (non-hydrogen) atoms. The molecule has 2 rings (SSSR count). The highest BCUT2D eigenvalue weighted by molar-refractivity contribution is 7.98. The van der Waals surface area contributed by atoms with Crippen LogP contribution in [0.4, 0.5) is 5.69 Å². The second-order valence-corrected chi connectivity index (χ2v) is 5.10. The van der Waals surface area contributed by atoms with Crippen LogP contribution in [0.3, 0.4) is 0 Å². The second kappa shape index (κ2) is 5.98. The van der Waals surface area contributed by atoms with Crippen molar-refractivity contribution in [3.05, 3.63) is 47.0 Å². The summed E-state index contributed by atoms with van der Waals surface area (Å²) in [5.41, 5.74) is 7.46. The normalized spacial score (nSPS) is 10.3. The third-order valence-corrected chi connectivity index (χ3v) is 3.61. The Morgan fingerprint density at radius 3 is 2.61 bits per heavy atom. The van der Waals surface area contributed by atoms with E-state index in [4.69, 9.17) is 22.1 Å². The van der Waals surface area contributed by atoms with Crippen LogP contribution in [0, 0.1) is 0 Å². The predicted octanol–water partition coefficient (Wildman–Crippen LogP) is 3.62. The first-order chi connectivity index (χ1) is 8.69. The molecule has 5 heteroatoms. The van der Waals surface area contributed by atoms with Crippen molar-refractivity contribution in [1.29, 1.82) is 0 Å². The number of hydrogen-bond acceptors (Lipinski definition) is 4. The number of nitrogens with two attached hydrogens (primary N) is 1. The van der Waals surface area contributed by atoms with E-state index < -0.39 is 0 Å². The smallest absolute Gasteiger partial charge is 0.237 e. The van der Waals surface area contributed by atoms with Crippen molar-refractivity contribution >= 4 is 29.1 Å². The number of methoxy groups -OCH3 is 1. The van der Waals surface area contributed by atoms with Gasteiger partial charge in [0.15, 0.2) is 0 Å². The Hall–Kier alpha value is -1.39. The van der Waals surface area contributed by atoms with E-state index >= 15 is 0 Å². The number of ether oxygens (including phenoxy) is 1. The zero-order chi connectivity index (χ0) is 13.0. The van der Waals surface area contributed by atoms with Crippen molar-refractivity contribution in [2.24, 2.45) is 0 Å². The first-order valence-electron chi connectivity index (χ1n) is 5.37. The molecule has 0 unspecified atom stereocenters. The Kier molecular flexibility index (Phi) is 4.33. The Morgan fingerprint density at radius 1 is 1.22 bits per heavy atom. The fourth-order valence-corrected chi connectivity index (χ4v) is 2.36. The Morgan fingerprint density at radius 2 is 1.94 bits per heavy atom. The van der Waals surface area contributed by atoms with Crippen LogP contribution in [-0.2, 0) is 5.75 Å². The first kappa shape index (κ1) is 13.1. The third-order valence-electron chi connectivity index (χ3n) is 2.36. The largest absolute Gasteiger partial charge is 0.480 e. The van der Waals surface area contributed by atoms with Crippen LogP contribution in [0.2, 0.25) is 5.02 Å². The van der Waals surface area contributed by atoms with Crippen LogP contribution < -0.4 is 10.5 Å². The number of anilines is 1. The Labute approximate surface area is 115 Å². The van der Waals surface area contributed by atoms with Gasteiger partial charge >= 0.3 is 0 Å². The fraction of sp³-hybridized carbons (Fsp3) is 0.154. The topological polar surface area (TPSA) is 48.1 Å². The zero-order valence-electron chi connectivity index (χ0n) is 9.89. The van der Waals surface area contributed by atoms with Gasteiger partial charge in [-0.3, -0.25) is 0 Å². The molecule has 0 amide bonds. The lowest BCUT2D eigenvalue weighted by Crippen LogP contribution is -1.95. The molecule has 0 radical (unpaired) electrons. The highest BCUT2D eigenvalue weighted by atomic mass is 35.5. The van der Waals surface area contributed by atoms with Crippen molar-refractivity contribution in [3.63, 3.8) is 0 Å². The summed E-state index contributed by atoms with van der Waals surface area (Å²) in [4.78, 5) is 4.31. The van der Waals surface area contributed by atoms with Crippen molar-refractivity contribution in [3.8, 4) is 5.88 Å². The minimum Gasteiger partial charge on any atom is -0.480 e. The van der Waals surface area contributed by atoms with E-state index in [1.165, 1.54) is 5.56 Å². The Bertz CT molecular complexity index is 531. The maximum atomic E-state index is 5.84. The monoisotopic (exact) mass is 280 g/mol. The zero-order valence-corrected chi connectivity index (χ0v) is 11.5. The van der Waals surface area contributed by atoms with Gasteiger partial charge in [-0.05, 0) is 29.8 Å².